The molecule has 0 aliphatic heterocycles. The van der Waals surface area contributed by atoms with Crippen molar-refractivity contribution in [2.45, 2.75) is 0 Å². The van der Waals surface area contributed by atoms with E-state index in [-0.39, 0.29) is 5.75 Å². The zero-order chi connectivity index (χ0) is 7.84. The van der Waals surface area contributed by atoms with Gasteiger partial charge in [-0.1, -0.05) is 0 Å². The Morgan fingerprint density at radius 1 is 1.55 bits per heavy atom. The molecule has 0 radical (unpaired) electrons. The van der Waals surface area contributed by atoms with E-state index in [0.717, 1.165) is 5.39 Å². The molecule has 2 aromatic heterocycles. The fourth-order valence-electron chi connectivity index (χ4n) is 0.894. The molecule has 0 unspecified atom stereocenters. The first kappa shape index (κ1) is 6.67. The van der Waals surface area contributed by atoms with Crippen LogP contribution in [0, 0.1) is 0 Å². The third kappa shape index (κ3) is 0.903. The summed E-state index contributed by atoms with van der Waals surface area (Å²) in [6.45, 7) is 0. The molecule has 56 valence electrons. The lowest BCUT2D eigenvalue weighted by Crippen LogP contribution is -1.75. The van der Waals surface area contributed by atoms with Crippen molar-refractivity contribution in [3.63, 3.8) is 0 Å². The minimum absolute atomic E-state index is 0.0486. The van der Waals surface area contributed by atoms with Crippen LogP contribution in [0.2, 0.25) is 0 Å². The van der Waals surface area contributed by atoms with Gasteiger partial charge in [0.2, 0.25) is 0 Å². The minimum atomic E-state index is 0.0486. The van der Waals surface area contributed by atoms with E-state index in [0.29, 0.717) is 10.2 Å². The Morgan fingerprint density at radius 2 is 2.36 bits per heavy atom. The molecule has 1 N–H and O–H groups in total. The van der Waals surface area contributed by atoms with E-state index in [1.54, 1.807) is 12.3 Å². The second kappa shape index (κ2) is 2.23. The maximum Gasteiger partial charge on any atom is 0.192 e. The van der Waals surface area contributed by atoms with Gasteiger partial charge in [0, 0.05) is 11.6 Å². The number of rotatable bonds is 0. The Bertz CT molecular complexity index is 396. The van der Waals surface area contributed by atoms with Gasteiger partial charge < -0.3 is 9.52 Å². The number of aromatic nitrogens is 1. The van der Waals surface area contributed by atoms with Gasteiger partial charge in [-0.3, -0.25) is 0 Å². The van der Waals surface area contributed by atoms with Crippen molar-refractivity contribution in [2.75, 3.05) is 0 Å². The summed E-state index contributed by atoms with van der Waals surface area (Å²) in [4.78, 5) is 3.89. The van der Waals surface area contributed by atoms with E-state index in [9.17, 15) is 5.11 Å². The molecule has 4 heteroatoms. The van der Waals surface area contributed by atoms with Crippen molar-refractivity contribution in [3.8, 4) is 5.75 Å². The zero-order valence-corrected chi connectivity index (χ0v) is 7.00. The van der Waals surface area contributed by atoms with E-state index < -0.39 is 0 Å². The van der Waals surface area contributed by atoms with Crippen LogP contribution in [0.5, 0.6) is 5.75 Å². The van der Waals surface area contributed by atoms with E-state index in [1.165, 1.54) is 6.26 Å². The maximum atomic E-state index is 9.34. The van der Waals surface area contributed by atoms with Crippen LogP contribution in [0.15, 0.2) is 27.5 Å². The molecular formula is C7H4BrNO2. The smallest absolute Gasteiger partial charge is 0.192 e. The maximum absolute atomic E-state index is 9.34. The summed E-state index contributed by atoms with van der Waals surface area (Å²) < 4.78 is 5.41. The average Bonchev–Trinajstić information content (AvgIpc) is 2.45. The highest BCUT2D eigenvalue weighted by atomic mass is 79.9. The number of pyridine rings is 1. The van der Waals surface area contributed by atoms with Crippen LogP contribution >= 0.6 is 15.9 Å². The Balaban J connectivity index is 2.93. The third-order valence-electron chi connectivity index (χ3n) is 1.42. The van der Waals surface area contributed by atoms with Crippen LogP contribution in [0.4, 0.5) is 0 Å². The molecule has 2 rings (SSSR count). The van der Waals surface area contributed by atoms with Gasteiger partial charge in [-0.25, -0.2) is 4.98 Å². The SMILES string of the molecule is Oc1c(Br)ncc2ccoc12. The van der Waals surface area contributed by atoms with Crippen LogP contribution in [0.3, 0.4) is 0 Å². The molecule has 0 amide bonds. The molecule has 0 aliphatic carbocycles. The van der Waals surface area contributed by atoms with E-state index in [2.05, 4.69) is 20.9 Å². The van der Waals surface area contributed by atoms with Crippen molar-refractivity contribution >= 4 is 26.9 Å². The van der Waals surface area contributed by atoms with E-state index >= 15 is 0 Å². The molecule has 0 spiro atoms. The van der Waals surface area contributed by atoms with Gasteiger partial charge in [-0.2, -0.15) is 0 Å². The standard InChI is InChI=1S/C7H4BrNO2/c8-7-5(10)6-4(3-9-7)1-2-11-6/h1-3,10H. The first-order chi connectivity index (χ1) is 5.29. The number of aromatic hydroxyl groups is 1. The number of furan rings is 1. The van der Waals surface area contributed by atoms with Crippen LogP contribution in [0.1, 0.15) is 0 Å². The van der Waals surface area contributed by atoms with Crippen molar-refractivity contribution in [1.29, 1.82) is 0 Å². The summed E-state index contributed by atoms with van der Waals surface area (Å²) in [7, 11) is 0. The van der Waals surface area contributed by atoms with E-state index in [4.69, 9.17) is 4.42 Å². The summed E-state index contributed by atoms with van der Waals surface area (Å²) in [5.41, 5.74) is 0.465. The van der Waals surface area contributed by atoms with Gasteiger partial charge in [0.15, 0.2) is 15.9 Å². The fourth-order valence-corrected chi connectivity index (χ4v) is 1.18. The minimum Gasteiger partial charge on any atom is -0.502 e. The predicted octanol–water partition coefficient (Wildman–Crippen LogP) is 2.30. The molecule has 11 heavy (non-hydrogen) atoms. The quantitative estimate of drug-likeness (QED) is 0.684. The van der Waals surface area contributed by atoms with Gasteiger partial charge in [-0.05, 0) is 22.0 Å². The Labute approximate surface area is 70.8 Å². The number of hydrogen-bond acceptors (Lipinski definition) is 3. The van der Waals surface area contributed by atoms with Gasteiger partial charge in [0.1, 0.15) is 0 Å². The fraction of sp³-hybridized carbons (Fsp3) is 0. The first-order valence-corrected chi connectivity index (χ1v) is 3.79. The molecule has 2 aromatic rings. The van der Waals surface area contributed by atoms with Crippen LogP contribution in [-0.2, 0) is 0 Å². The van der Waals surface area contributed by atoms with Crippen molar-refractivity contribution in [3.05, 3.63) is 23.1 Å². The molecule has 2 heterocycles. The van der Waals surface area contributed by atoms with E-state index in [1.807, 2.05) is 0 Å². The van der Waals surface area contributed by atoms with Gasteiger partial charge in [0.25, 0.3) is 0 Å². The third-order valence-corrected chi connectivity index (χ3v) is 2.00. The molecule has 0 bridgehead atoms. The monoisotopic (exact) mass is 213 g/mol. The summed E-state index contributed by atoms with van der Waals surface area (Å²) in [6.07, 6.45) is 3.14. The topological polar surface area (TPSA) is 46.3 Å². The summed E-state index contributed by atoms with van der Waals surface area (Å²) >= 11 is 3.08. The molecule has 0 atom stereocenters. The second-order valence-corrected chi connectivity index (χ2v) is 2.85. The number of halogens is 1. The summed E-state index contributed by atoms with van der Waals surface area (Å²) in [5, 5.41) is 10.1. The summed E-state index contributed by atoms with van der Waals surface area (Å²) in [6, 6.07) is 1.74. The number of hydrogen-bond donors (Lipinski definition) is 1. The zero-order valence-electron chi connectivity index (χ0n) is 5.41. The molecular weight excluding hydrogens is 210 g/mol. The number of nitrogens with zero attached hydrogens (tertiary/aromatic N) is 1. The van der Waals surface area contributed by atoms with Crippen LogP contribution < -0.4 is 0 Å². The molecule has 0 aromatic carbocycles. The normalized spacial score (nSPS) is 10.6. The van der Waals surface area contributed by atoms with Crippen molar-refractivity contribution in [1.82, 2.24) is 4.98 Å². The lowest BCUT2D eigenvalue weighted by molar-refractivity contribution is 0.459. The van der Waals surface area contributed by atoms with Crippen LogP contribution in [-0.4, -0.2) is 10.1 Å². The lowest BCUT2D eigenvalue weighted by atomic mass is 10.3. The molecule has 0 saturated carbocycles. The Hall–Kier alpha value is -1.03. The van der Waals surface area contributed by atoms with Gasteiger partial charge in [0.05, 0.1) is 6.26 Å². The highest BCUT2D eigenvalue weighted by molar-refractivity contribution is 9.10. The van der Waals surface area contributed by atoms with Crippen molar-refractivity contribution in [2.24, 2.45) is 0 Å². The predicted molar refractivity (Wildman–Crippen MR) is 43.4 cm³/mol. The average molecular weight is 214 g/mol. The molecule has 0 saturated heterocycles. The Kier molecular flexibility index (Phi) is 1.35. The first-order valence-electron chi connectivity index (χ1n) is 2.99. The highest BCUT2D eigenvalue weighted by Crippen LogP contribution is 2.30. The highest BCUT2D eigenvalue weighted by Gasteiger charge is 2.06. The van der Waals surface area contributed by atoms with Gasteiger partial charge >= 0.3 is 0 Å². The molecule has 3 nitrogen and oxygen atoms in total. The summed E-state index contributed by atoms with van der Waals surface area (Å²) in [5.74, 6) is 0.0486. The van der Waals surface area contributed by atoms with Crippen LogP contribution in [0.25, 0.3) is 11.0 Å². The number of fused-ring (bicyclic) bond motifs is 1. The second-order valence-electron chi connectivity index (χ2n) is 2.10. The van der Waals surface area contributed by atoms with Gasteiger partial charge in [-0.15, -0.1) is 0 Å². The largest absolute Gasteiger partial charge is 0.502 e. The lowest BCUT2D eigenvalue weighted by Gasteiger charge is -1.94. The van der Waals surface area contributed by atoms with Crippen molar-refractivity contribution < 1.29 is 9.52 Å². The Morgan fingerprint density at radius 3 is 3.18 bits per heavy atom. The molecule has 0 aliphatic rings. The molecule has 0 fully saturated rings.